The summed E-state index contributed by atoms with van der Waals surface area (Å²) in [6.07, 6.45) is 0. The third-order valence-electron chi connectivity index (χ3n) is 4.19. The molecule has 0 bridgehead atoms. The predicted molar refractivity (Wildman–Crippen MR) is 98.1 cm³/mol. The molecule has 3 rings (SSSR count). The van der Waals surface area contributed by atoms with Crippen LogP contribution in [-0.2, 0) is 21.4 Å². The molecule has 1 aliphatic rings. The molecule has 8 heteroatoms. The Labute approximate surface area is 158 Å². The lowest BCUT2D eigenvalue weighted by Gasteiger charge is -2.26. The zero-order valence-corrected chi connectivity index (χ0v) is 15.7. The fraction of sp³-hybridized carbons (Fsp3) is 0.316. The molecule has 0 spiro atoms. The molecular weight excluding hydrogens is 368 g/mol. The molecule has 1 heterocycles. The summed E-state index contributed by atoms with van der Waals surface area (Å²) in [4.78, 5) is 0.234. The SMILES string of the molecule is COc1cc(C#N)ccc1OCc1cccc(S(=O)(=O)N2CCOCC2)c1. The molecular formula is C19H20N2O5S. The molecule has 0 amide bonds. The maximum atomic E-state index is 12.8. The highest BCUT2D eigenvalue weighted by Gasteiger charge is 2.26. The van der Waals surface area contributed by atoms with Gasteiger partial charge in [-0.3, -0.25) is 0 Å². The minimum Gasteiger partial charge on any atom is -0.493 e. The van der Waals surface area contributed by atoms with Gasteiger partial charge in [-0.1, -0.05) is 12.1 Å². The number of rotatable bonds is 6. The van der Waals surface area contributed by atoms with E-state index in [2.05, 4.69) is 0 Å². The monoisotopic (exact) mass is 388 g/mol. The number of hydrogen-bond acceptors (Lipinski definition) is 6. The standard InChI is InChI=1S/C19H20N2O5S/c1-24-19-12-15(13-20)5-6-18(19)26-14-16-3-2-4-17(11-16)27(22,23)21-7-9-25-10-8-21/h2-6,11-12H,7-10,14H2,1H3. The molecule has 0 saturated carbocycles. The summed E-state index contributed by atoms with van der Waals surface area (Å²) in [7, 11) is -2.05. The number of nitriles is 1. The van der Waals surface area contributed by atoms with Gasteiger partial charge in [-0.15, -0.1) is 0 Å². The molecule has 0 atom stereocenters. The molecule has 27 heavy (non-hydrogen) atoms. The van der Waals surface area contributed by atoms with E-state index in [-0.39, 0.29) is 11.5 Å². The zero-order valence-electron chi connectivity index (χ0n) is 14.9. The summed E-state index contributed by atoms with van der Waals surface area (Å²) in [6.45, 7) is 1.69. The van der Waals surface area contributed by atoms with Gasteiger partial charge in [0.1, 0.15) is 6.61 Å². The average molecular weight is 388 g/mol. The van der Waals surface area contributed by atoms with Gasteiger partial charge in [0, 0.05) is 19.2 Å². The highest BCUT2D eigenvalue weighted by atomic mass is 32.2. The van der Waals surface area contributed by atoms with E-state index >= 15 is 0 Å². The molecule has 0 aromatic heterocycles. The van der Waals surface area contributed by atoms with Gasteiger partial charge in [0.2, 0.25) is 10.0 Å². The van der Waals surface area contributed by atoms with E-state index in [1.165, 1.54) is 11.4 Å². The van der Waals surface area contributed by atoms with Crippen LogP contribution in [0.4, 0.5) is 0 Å². The van der Waals surface area contributed by atoms with Crippen molar-refractivity contribution in [3.8, 4) is 17.6 Å². The smallest absolute Gasteiger partial charge is 0.243 e. The number of morpholine rings is 1. The van der Waals surface area contributed by atoms with Crippen molar-refractivity contribution >= 4 is 10.0 Å². The van der Waals surface area contributed by atoms with E-state index in [0.717, 1.165) is 5.56 Å². The van der Waals surface area contributed by atoms with Gasteiger partial charge in [0.25, 0.3) is 0 Å². The fourth-order valence-corrected chi connectivity index (χ4v) is 4.23. The number of benzene rings is 2. The second kappa shape index (κ2) is 8.39. The van der Waals surface area contributed by atoms with Crippen LogP contribution in [0.2, 0.25) is 0 Å². The molecule has 1 saturated heterocycles. The quantitative estimate of drug-likeness (QED) is 0.753. The van der Waals surface area contributed by atoms with E-state index in [1.807, 2.05) is 6.07 Å². The Morgan fingerprint density at radius 3 is 2.63 bits per heavy atom. The zero-order chi connectivity index (χ0) is 19.3. The van der Waals surface area contributed by atoms with Gasteiger partial charge in [-0.25, -0.2) is 8.42 Å². The summed E-state index contributed by atoms with van der Waals surface area (Å²) in [5.74, 6) is 0.934. The van der Waals surface area contributed by atoms with Crippen molar-refractivity contribution in [2.45, 2.75) is 11.5 Å². The largest absolute Gasteiger partial charge is 0.493 e. The lowest BCUT2D eigenvalue weighted by Crippen LogP contribution is -2.40. The van der Waals surface area contributed by atoms with Crippen LogP contribution in [0.5, 0.6) is 11.5 Å². The molecule has 2 aromatic carbocycles. The van der Waals surface area contributed by atoms with Gasteiger partial charge in [0.15, 0.2) is 11.5 Å². The molecule has 1 aliphatic heterocycles. The number of methoxy groups -OCH3 is 1. The Bertz CT molecular complexity index is 947. The van der Waals surface area contributed by atoms with Crippen molar-refractivity contribution in [1.29, 1.82) is 5.26 Å². The molecule has 0 radical (unpaired) electrons. The van der Waals surface area contributed by atoms with E-state index in [9.17, 15) is 8.42 Å². The minimum absolute atomic E-state index is 0.175. The predicted octanol–water partition coefficient (Wildman–Crippen LogP) is 2.17. The number of sulfonamides is 1. The first kappa shape index (κ1) is 19.2. The average Bonchev–Trinajstić information content (AvgIpc) is 2.73. The molecule has 7 nitrogen and oxygen atoms in total. The van der Waals surface area contributed by atoms with Crippen LogP contribution in [0.15, 0.2) is 47.4 Å². The highest BCUT2D eigenvalue weighted by molar-refractivity contribution is 7.89. The van der Waals surface area contributed by atoms with Gasteiger partial charge in [-0.2, -0.15) is 9.57 Å². The molecule has 0 aliphatic carbocycles. The lowest BCUT2D eigenvalue weighted by molar-refractivity contribution is 0.0730. The van der Waals surface area contributed by atoms with Gasteiger partial charge in [0.05, 0.1) is 36.9 Å². The van der Waals surface area contributed by atoms with Crippen molar-refractivity contribution < 1.29 is 22.6 Å². The lowest BCUT2D eigenvalue weighted by atomic mass is 10.2. The van der Waals surface area contributed by atoms with Crippen LogP contribution >= 0.6 is 0 Å². The molecule has 0 N–H and O–H groups in total. The second-order valence-corrected chi connectivity index (χ2v) is 7.87. The first-order chi connectivity index (χ1) is 13.0. The van der Waals surface area contributed by atoms with E-state index in [4.69, 9.17) is 19.5 Å². The summed E-state index contributed by atoms with van der Waals surface area (Å²) < 4.78 is 43.2. The van der Waals surface area contributed by atoms with Crippen LogP contribution in [0.1, 0.15) is 11.1 Å². The Morgan fingerprint density at radius 2 is 1.93 bits per heavy atom. The van der Waals surface area contributed by atoms with Crippen molar-refractivity contribution in [2.75, 3.05) is 33.4 Å². The molecule has 0 unspecified atom stereocenters. The minimum atomic E-state index is -3.55. The van der Waals surface area contributed by atoms with Gasteiger partial charge >= 0.3 is 0 Å². The fourth-order valence-electron chi connectivity index (χ4n) is 2.75. The molecule has 1 fully saturated rings. The number of hydrogen-bond donors (Lipinski definition) is 0. The summed E-state index contributed by atoms with van der Waals surface area (Å²) >= 11 is 0. The van der Waals surface area contributed by atoms with Crippen molar-refractivity contribution in [3.05, 3.63) is 53.6 Å². The van der Waals surface area contributed by atoms with E-state index in [0.29, 0.717) is 43.4 Å². The third-order valence-corrected chi connectivity index (χ3v) is 6.09. The van der Waals surface area contributed by atoms with Crippen LogP contribution in [0, 0.1) is 11.3 Å². The van der Waals surface area contributed by atoms with Crippen molar-refractivity contribution in [1.82, 2.24) is 4.31 Å². The molecule has 142 valence electrons. The Balaban J connectivity index is 1.76. The topological polar surface area (TPSA) is 88.9 Å². The van der Waals surface area contributed by atoms with Crippen LogP contribution in [0.3, 0.4) is 0 Å². The summed E-state index contributed by atoms with van der Waals surface area (Å²) in [5, 5.41) is 8.96. The van der Waals surface area contributed by atoms with Crippen LogP contribution in [0.25, 0.3) is 0 Å². The van der Waals surface area contributed by atoms with Crippen molar-refractivity contribution in [2.24, 2.45) is 0 Å². The Morgan fingerprint density at radius 1 is 1.15 bits per heavy atom. The van der Waals surface area contributed by atoms with E-state index < -0.39 is 10.0 Å². The Hall–Kier alpha value is -2.60. The van der Waals surface area contributed by atoms with Gasteiger partial charge < -0.3 is 14.2 Å². The third kappa shape index (κ3) is 4.39. The van der Waals surface area contributed by atoms with Gasteiger partial charge in [-0.05, 0) is 29.8 Å². The number of ether oxygens (including phenoxy) is 3. The van der Waals surface area contributed by atoms with E-state index in [1.54, 1.807) is 42.5 Å². The maximum absolute atomic E-state index is 12.8. The summed E-state index contributed by atoms with van der Waals surface area (Å²) in [5.41, 5.74) is 1.19. The Kier molecular flexibility index (Phi) is 5.96. The molecule has 2 aromatic rings. The van der Waals surface area contributed by atoms with Crippen LogP contribution in [-0.4, -0.2) is 46.1 Å². The van der Waals surface area contributed by atoms with Crippen molar-refractivity contribution in [3.63, 3.8) is 0 Å². The summed E-state index contributed by atoms with van der Waals surface area (Å²) in [6, 6.07) is 13.6. The highest BCUT2D eigenvalue weighted by Crippen LogP contribution is 2.29. The number of nitrogens with zero attached hydrogens (tertiary/aromatic N) is 2. The first-order valence-electron chi connectivity index (χ1n) is 8.42. The normalized spacial score (nSPS) is 15.1. The first-order valence-corrected chi connectivity index (χ1v) is 9.86. The van der Waals surface area contributed by atoms with Crippen LogP contribution < -0.4 is 9.47 Å². The maximum Gasteiger partial charge on any atom is 0.243 e. The second-order valence-electron chi connectivity index (χ2n) is 5.93.